The molecule has 0 atom stereocenters. The van der Waals surface area contributed by atoms with Crippen LogP contribution in [0.1, 0.15) is 22.5 Å². The molecule has 0 N–H and O–H groups in total. The Morgan fingerprint density at radius 3 is 2.59 bits per heavy atom. The molecule has 1 amide bonds. The molecule has 0 fully saturated rings. The average molecular weight is 381 g/mol. The third kappa shape index (κ3) is 4.57. The maximum Gasteiger partial charge on any atom is 0.233 e. The molecule has 6 heteroatoms. The molecule has 0 bridgehead atoms. The van der Waals surface area contributed by atoms with Gasteiger partial charge in [0.2, 0.25) is 5.91 Å². The van der Waals surface area contributed by atoms with E-state index in [9.17, 15) is 4.79 Å². The Morgan fingerprint density at radius 2 is 1.85 bits per heavy atom. The molecule has 140 valence electrons. The summed E-state index contributed by atoms with van der Waals surface area (Å²) < 4.78 is 1.99. The molecule has 5 nitrogen and oxygen atoms in total. The third-order valence-electron chi connectivity index (χ3n) is 4.47. The van der Waals surface area contributed by atoms with Gasteiger partial charge in [-0.3, -0.25) is 9.36 Å². The van der Waals surface area contributed by atoms with Gasteiger partial charge in [0, 0.05) is 19.3 Å². The van der Waals surface area contributed by atoms with Crippen molar-refractivity contribution in [2.45, 2.75) is 32.5 Å². The molecule has 0 aliphatic heterocycles. The molecule has 0 spiro atoms. The third-order valence-corrected chi connectivity index (χ3v) is 5.39. The van der Waals surface area contributed by atoms with Crippen LogP contribution >= 0.6 is 11.8 Å². The second kappa shape index (κ2) is 8.39. The Labute approximate surface area is 164 Å². The lowest BCUT2D eigenvalue weighted by molar-refractivity contribution is -0.127. The number of rotatable bonds is 6. The first-order chi connectivity index (χ1) is 13.0. The van der Waals surface area contributed by atoms with Gasteiger partial charge in [-0.05, 0) is 49.6 Å². The summed E-state index contributed by atoms with van der Waals surface area (Å²) in [5.41, 5.74) is 4.54. The van der Waals surface area contributed by atoms with Gasteiger partial charge in [0.15, 0.2) is 5.16 Å². The first kappa shape index (κ1) is 19.2. The van der Waals surface area contributed by atoms with Gasteiger partial charge in [-0.15, -0.1) is 10.2 Å². The summed E-state index contributed by atoms with van der Waals surface area (Å²) in [6.45, 7) is 6.65. The summed E-state index contributed by atoms with van der Waals surface area (Å²) >= 11 is 1.42. The van der Waals surface area contributed by atoms with Crippen LogP contribution in [0, 0.1) is 20.8 Å². The van der Waals surface area contributed by atoms with E-state index in [1.54, 1.807) is 4.90 Å². The van der Waals surface area contributed by atoms with Crippen LogP contribution in [0.15, 0.2) is 53.7 Å². The van der Waals surface area contributed by atoms with Crippen molar-refractivity contribution < 1.29 is 4.79 Å². The van der Waals surface area contributed by atoms with Crippen LogP contribution in [-0.2, 0) is 11.3 Å². The minimum absolute atomic E-state index is 0.0692. The molecular weight excluding hydrogens is 356 g/mol. The minimum Gasteiger partial charge on any atom is -0.341 e. The number of benzene rings is 2. The maximum atomic E-state index is 12.6. The number of aryl methyl sites for hydroxylation is 3. The second-order valence-electron chi connectivity index (χ2n) is 6.67. The molecule has 2 aromatic carbocycles. The van der Waals surface area contributed by atoms with Crippen molar-refractivity contribution in [3.05, 3.63) is 71.0 Å². The highest BCUT2D eigenvalue weighted by molar-refractivity contribution is 7.99. The highest BCUT2D eigenvalue weighted by Gasteiger charge is 2.16. The van der Waals surface area contributed by atoms with E-state index in [4.69, 9.17) is 0 Å². The van der Waals surface area contributed by atoms with Crippen molar-refractivity contribution in [3.63, 3.8) is 0 Å². The molecule has 3 aromatic rings. The standard InChI is InChI=1S/C21H24N4OS/c1-15-8-7-11-19(12-15)25-17(3)22-23-21(25)27-14-20(26)24(4)13-18-10-6-5-9-16(18)2/h5-12H,13-14H2,1-4H3. The number of amides is 1. The summed E-state index contributed by atoms with van der Waals surface area (Å²) in [7, 11) is 1.84. The summed E-state index contributed by atoms with van der Waals surface area (Å²) in [5, 5.41) is 9.18. The zero-order valence-corrected chi connectivity index (χ0v) is 17.0. The zero-order chi connectivity index (χ0) is 19.4. The van der Waals surface area contributed by atoms with E-state index in [1.165, 1.54) is 22.9 Å². The monoisotopic (exact) mass is 380 g/mol. The Bertz CT molecular complexity index is 951. The normalized spacial score (nSPS) is 10.8. The van der Waals surface area contributed by atoms with Crippen LogP contribution in [0.4, 0.5) is 0 Å². The molecule has 0 aliphatic rings. The van der Waals surface area contributed by atoms with Crippen LogP contribution < -0.4 is 0 Å². The van der Waals surface area contributed by atoms with E-state index in [2.05, 4.69) is 48.3 Å². The smallest absolute Gasteiger partial charge is 0.233 e. The molecule has 0 aliphatic carbocycles. The van der Waals surface area contributed by atoms with Gasteiger partial charge < -0.3 is 4.90 Å². The zero-order valence-electron chi connectivity index (χ0n) is 16.1. The predicted molar refractivity (Wildman–Crippen MR) is 109 cm³/mol. The van der Waals surface area contributed by atoms with Gasteiger partial charge in [0.25, 0.3) is 0 Å². The fourth-order valence-electron chi connectivity index (χ4n) is 2.87. The first-order valence-corrected chi connectivity index (χ1v) is 9.84. The Hall–Kier alpha value is -2.60. The first-order valence-electron chi connectivity index (χ1n) is 8.86. The number of thioether (sulfide) groups is 1. The van der Waals surface area contributed by atoms with Crippen molar-refractivity contribution in [1.82, 2.24) is 19.7 Å². The van der Waals surface area contributed by atoms with Crippen molar-refractivity contribution in [2.75, 3.05) is 12.8 Å². The number of carbonyl (C=O) groups excluding carboxylic acids is 1. The molecular formula is C21H24N4OS. The number of nitrogens with zero attached hydrogens (tertiary/aromatic N) is 4. The van der Waals surface area contributed by atoms with Crippen LogP contribution in [0.5, 0.6) is 0 Å². The molecule has 1 heterocycles. The van der Waals surface area contributed by atoms with E-state index >= 15 is 0 Å². The molecule has 0 saturated carbocycles. The Kier molecular flexibility index (Phi) is 5.96. The molecule has 27 heavy (non-hydrogen) atoms. The maximum absolute atomic E-state index is 12.6. The number of carbonyl (C=O) groups is 1. The fourth-order valence-corrected chi connectivity index (χ4v) is 3.81. The summed E-state index contributed by atoms with van der Waals surface area (Å²) in [5.74, 6) is 1.20. The predicted octanol–water partition coefficient (Wildman–Crippen LogP) is 3.94. The lowest BCUT2D eigenvalue weighted by Gasteiger charge is -2.18. The van der Waals surface area contributed by atoms with E-state index in [0.717, 1.165) is 22.2 Å². The average Bonchev–Trinajstić information content (AvgIpc) is 3.02. The molecule has 1 aromatic heterocycles. The SMILES string of the molecule is Cc1cccc(-n2c(C)nnc2SCC(=O)N(C)Cc2ccccc2C)c1. The highest BCUT2D eigenvalue weighted by atomic mass is 32.2. The van der Waals surface area contributed by atoms with Crippen LogP contribution in [-0.4, -0.2) is 38.4 Å². The van der Waals surface area contributed by atoms with Crippen molar-refractivity contribution in [3.8, 4) is 5.69 Å². The van der Waals surface area contributed by atoms with Gasteiger partial charge in [0.05, 0.1) is 5.75 Å². The fraction of sp³-hybridized carbons (Fsp3) is 0.286. The topological polar surface area (TPSA) is 51.0 Å². The van der Waals surface area contributed by atoms with Gasteiger partial charge in [0.1, 0.15) is 5.82 Å². The van der Waals surface area contributed by atoms with Gasteiger partial charge in [-0.2, -0.15) is 0 Å². The van der Waals surface area contributed by atoms with E-state index in [0.29, 0.717) is 12.3 Å². The Balaban J connectivity index is 1.68. The summed E-state index contributed by atoms with van der Waals surface area (Å²) in [4.78, 5) is 14.3. The van der Waals surface area contributed by atoms with Crippen LogP contribution in [0.25, 0.3) is 5.69 Å². The van der Waals surface area contributed by atoms with Crippen LogP contribution in [0.2, 0.25) is 0 Å². The van der Waals surface area contributed by atoms with Crippen molar-refractivity contribution in [1.29, 1.82) is 0 Å². The van der Waals surface area contributed by atoms with Gasteiger partial charge >= 0.3 is 0 Å². The lowest BCUT2D eigenvalue weighted by atomic mass is 10.1. The summed E-state index contributed by atoms with van der Waals surface area (Å²) in [6.07, 6.45) is 0. The largest absolute Gasteiger partial charge is 0.341 e. The molecule has 0 radical (unpaired) electrons. The Morgan fingerprint density at radius 1 is 1.07 bits per heavy atom. The van der Waals surface area contributed by atoms with Crippen molar-refractivity contribution in [2.24, 2.45) is 0 Å². The van der Waals surface area contributed by atoms with E-state index < -0.39 is 0 Å². The second-order valence-corrected chi connectivity index (χ2v) is 7.61. The summed E-state index contributed by atoms with van der Waals surface area (Å²) in [6, 6.07) is 16.3. The molecule has 0 unspecified atom stereocenters. The van der Waals surface area contributed by atoms with E-state index in [1.807, 2.05) is 42.8 Å². The highest BCUT2D eigenvalue weighted by Crippen LogP contribution is 2.23. The number of hydrogen-bond donors (Lipinski definition) is 0. The molecule has 3 rings (SSSR count). The lowest BCUT2D eigenvalue weighted by Crippen LogP contribution is -2.28. The molecule has 0 saturated heterocycles. The van der Waals surface area contributed by atoms with E-state index in [-0.39, 0.29) is 5.91 Å². The number of hydrogen-bond acceptors (Lipinski definition) is 4. The van der Waals surface area contributed by atoms with Gasteiger partial charge in [-0.25, -0.2) is 0 Å². The number of aromatic nitrogens is 3. The van der Waals surface area contributed by atoms with Gasteiger partial charge in [-0.1, -0.05) is 48.2 Å². The minimum atomic E-state index is 0.0692. The van der Waals surface area contributed by atoms with Crippen molar-refractivity contribution >= 4 is 17.7 Å². The quantitative estimate of drug-likeness (QED) is 0.608. The van der Waals surface area contributed by atoms with Crippen LogP contribution in [0.3, 0.4) is 0 Å².